The Morgan fingerprint density at radius 1 is 1.19 bits per heavy atom. The standard InChI is InChI=1S/C27H24N2O7S/c1-13-11-16-12-15(9-10-18(16)36-13)22(30)20-21(17-7-5-6-8-19(17)34-3)29(25(32)23(20)31)27-28-14(2)24(37-27)26(33)35-4/h5-10,12-13,21,30H,11H2,1-4H3. The van der Waals surface area contributed by atoms with E-state index in [2.05, 4.69) is 4.98 Å². The number of rotatable bonds is 5. The van der Waals surface area contributed by atoms with Crippen LogP contribution >= 0.6 is 11.3 Å². The van der Waals surface area contributed by atoms with Gasteiger partial charge in [0.15, 0.2) is 5.13 Å². The number of para-hydroxylation sites is 1. The molecule has 190 valence electrons. The van der Waals surface area contributed by atoms with Crippen LogP contribution in [0.4, 0.5) is 5.13 Å². The number of aromatic nitrogens is 1. The molecular formula is C27H24N2O7S. The van der Waals surface area contributed by atoms with Crippen LogP contribution in [0.1, 0.15) is 45.0 Å². The van der Waals surface area contributed by atoms with Crippen LogP contribution in [0.2, 0.25) is 0 Å². The zero-order valence-corrected chi connectivity index (χ0v) is 21.4. The first-order valence-corrected chi connectivity index (χ1v) is 12.4. The van der Waals surface area contributed by atoms with Gasteiger partial charge >= 0.3 is 11.9 Å². The SMILES string of the molecule is COC(=O)c1sc(N2C(=O)C(=O)C(=C(O)c3ccc4c(c3)CC(C)O4)C2c2ccccc2OC)nc1C. The van der Waals surface area contributed by atoms with Crippen LogP contribution in [-0.2, 0) is 20.7 Å². The van der Waals surface area contributed by atoms with Crippen molar-refractivity contribution in [3.8, 4) is 11.5 Å². The number of ketones is 1. The first-order valence-electron chi connectivity index (χ1n) is 11.5. The number of aliphatic hydroxyl groups is 1. The molecule has 0 spiro atoms. The Morgan fingerprint density at radius 2 is 1.95 bits per heavy atom. The molecule has 1 fully saturated rings. The molecule has 2 aliphatic rings. The Morgan fingerprint density at radius 3 is 2.68 bits per heavy atom. The van der Waals surface area contributed by atoms with Gasteiger partial charge in [0.05, 0.1) is 25.5 Å². The van der Waals surface area contributed by atoms with E-state index in [-0.39, 0.29) is 27.4 Å². The van der Waals surface area contributed by atoms with E-state index in [1.807, 2.05) is 6.92 Å². The fourth-order valence-corrected chi connectivity index (χ4v) is 5.72. The van der Waals surface area contributed by atoms with Gasteiger partial charge in [-0.3, -0.25) is 14.5 Å². The molecule has 9 nitrogen and oxygen atoms in total. The van der Waals surface area contributed by atoms with E-state index >= 15 is 0 Å². The number of hydrogen-bond acceptors (Lipinski definition) is 9. The van der Waals surface area contributed by atoms with Crippen LogP contribution in [-0.4, -0.2) is 48.1 Å². The van der Waals surface area contributed by atoms with Crippen molar-refractivity contribution in [2.75, 3.05) is 19.1 Å². The number of nitrogens with zero attached hydrogens (tertiary/aromatic N) is 2. The average molecular weight is 521 g/mol. The molecule has 1 saturated heterocycles. The molecule has 1 N–H and O–H groups in total. The molecule has 37 heavy (non-hydrogen) atoms. The highest BCUT2D eigenvalue weighted by molar-refractivity contribution is 7.17. The third kappa shape index (κ3) is 4.03. The number of amides is 1. The normalized spacial score (nSPS) is 20.1. The fourth-order valence-electron chi connectivity index (χ4n) is 4.71. The van der Waals surface area contributed by atoms with Crippen molar-refractivity contribution >= 4 is 39.9 Å². The zero-order valence-electron chi connectivity index (χ0n) is 20.6. The minimum atomic E-state index is -1.05. The van der Waals surface area contributed by atoms with Gasteiger partial charge in [0, 0.05) is 17.5 Å². The molecule has 1 aromatic heterocycles. The van der Waals surface area contributed by atoms with Gasteiger partial charge in [-0.25, -0.2) is 9.78 Å². The lowest BCUT2D eigenvalue weighted by Crippen LogP contribution is -2.29. The van der Waals surface area contributed by atoms with Gasteiger partial charge in [-0.15, -0.1) is 0 Å². The van der Waals surface area contributed by atoms with Crippen LogP contribution in [0, 0.1) is 6.92 Å². The second-order valence-electron chi connectivity index (χ2n) is 8.77. The Balaban J connectivity index is 1.71. The molecule has 0 bridgehead atoms. The second-order valence-corrected chi connectivity index (χ2v) is 9.75. The lowest BCUT2D eigenvalue weighted by Gasteiger charge is -2.24. The topological polar surface area (TPSA) is 115 Å². The second kappa shape index (κ2) is 9.36. The Bertz CT molecular complexity index is 1480. The molecule has 2 unspecified atom stereocenters. The average Bonchev–Trinajstić information content (AvgIpc) is 3.54. The van der Waals surface area contributed by atoms with Crippen molar-refractivity contribution in [1.82, 2.24) is 4.98 Å². The summed E-state index contributed by atoms with van der Waals surface area (Å²) >= 11 is 0.939. The summed E-state index contributed by atoms with van der Waals surface area (Å²) in [6.07, 6.45) is 0.666. The first-order chi connectivity index (χ1) is 17.7. The van der Waals surface area contributed by atoms with Crippen molar-refractivity contribution in [1.29, 1.82) is 0 Å². The smallest absolute Gasteiger partial charge is 0.350 e. The molecule has 3 aromatic rings. The van der Waals surface area contributed by atoms with Crippen molar-refractivity contribution < 1.29 is 33.7 Å². The summed E-state index contributed by atoms with van der Waals surface area (Å²) in [6, 6.07) is 11.1. The van der Waals surface area contributed by atoms with Crippen molar-refractivity contribution in [3.05, 3.63) is 75.3 Å². The first kappa shape index (κ1) is 24.5. The molecule has 1 amide bonds. The van der Waals surface area contributed by atoms with E-state index < -0.39 is 23.7 Å². The fraction of sp³-hybridized carbons (Fsp3) is 0.259. The molecule has 3 heterocycles. The summed E-state index contributed by atoms with van der Waals surface area (Å²) in [4.78, 5) is 45.0. The highest BCUT2D eigenvalue weighted by Crippen LogP contribution is 2.46. The Hall–Kier alpha value is -4.18. The maximum atomic E-state index is 13.5. The molecule has 0 aliphatic carbocycles. The molecule has 5 rings (SSSR count). The highest BCUT2D eigenvalue weighted by Gasteiger charge is 2.49. The number of fused-ring (bicyclic) bond motifs is 1. The summed E-state index contributed by atoms with van der Waals surface area (Å²) in [7, 11) is 2.74. The van der Waals surface area contributed by atoms with Crippen molar-refractivity contribution in [2.24, 2.45) is 0 Å². The van der Waals surface area contributed by atoms with Crippen LogP contribution in [0.5, 0.6) is 11.5 Å². The summed E-state index contributed by atoms with van der Waals surface area (Å²) < 4.78 is 16.1. The number of carbonyl (C=O) groups excluding carboxylic acids is 3. The lowest BCUT2D eigenvalue weighted by atomic mass is 9.94. The number of benzene rings is 2. The third-order valence-corrected chi connectivity index (χ3v) is 7.55. The van der Waals surface area contributed by atoms with Gasteiger partial charge < -0.3 is 19.3 Å². The number of hydrogen-bond donors (Lipinski definition) is 1. The molecule has 2 aliphatic heterocycles. The minimum absolute atomic E-state index is 0.00343. The number of aliphatic hydroxyl groups excluding tert-OH is 1. The molecule has 0 radical (unpaired) electrons. The van der Waals surface area contributed by atoms with Crippen LogP contribution in [0.25, 0.3) is 5.76 Å². The predicted molar refractivity (Wildman–Crippen MR) is 136 cm³/mol. The number of anilines is 1. The van der Waals surface area contributed by atoms with E-state index in [0.717, 1.165) is 22.6 Å². The number of esters is 1. The zero-order chi connectivity index (χ0) is 26.4. The summed E-state index contributed by atoms with van der Waals surface area (Å²) in [5.74, 6) is -1.52. The van der Waals surface area contributed by atoms with E-state index in [9.17, 15) is 19.5 Å². The van der Waals surface area contributed by atoms with Gasteiger partial charge in [-0.1, -0.05) is 29.5 Å². The molecule has 2 atom stereocenters. The van der Waals surface area contributed by atoms with Crippen LogP contribution < -0.4 is 14.4 Å². The largest absolute Gasteiger partial charge is 0.507 e. The maximum Gasteiger partial charge on any atom is 0.350 e. The van der Waals surface area contributed by atoms with Crippen molar-refractivity contribution in [3.63, 3.8) is 0 Å². The minimum Gasteiger partial charge on any atom is -0.507 e. The predicted octanol–water partition coefficient (Wildman–Crippen LogP) is 4.20. The maximum absolute atomic E-state index is 13.5. The number of aryl methyl sites for hydroxylation is 1. The van der Waals surface area contributed by atoms with Crippen LogP contribution in [0.3, 0.4) is 0 Å². The van der Waals surface area contributed by atoms with E-state index in [1.165, 1.54) is 19.1 Å². The van der Waals surface area contributed by atoms with E-state index in [4.69, 9.17) is 14.2 Å². The van der Waals surface area contributed by atoms with E-state index in [0.29, 0.717) is 29.0 Å². The molecule has 0 saturated carbocycles. The van der Waals surface area contributed by atoms with Crippen LogP contribution in [0.15, 0.2) is 48.0 Å². The number of carbonyl (C=O) groups is 3. The Labute approximate surface area is 216 Å². The number of ether oxygens (including phenoxy) is 3. The van der Waals surface area contributed by atoms with Gasteiger partial charge in [0.25, 0.3) is 5.78 Å². The third-order valence-electron chi connectivity index (χ3n) is 6.41. The molecule has 2 aromatic carbocycles. The number of methoxy groups -OCH3 is 2. The molecular weight excluding hydrogens is 496 g/mol. The monoisotopic (exact) mass is 520 g/mol. The number of Topliss-reactive ketones (excluding diaryl/α,β-unsaturated/α-hetero) is 1. The Kier molecular flexibility index (Phi) is 6.20. The van der Waals surface area contributed by atoms with Crippen molar-refractivity contribution in [2.45, 2.75) is 32.4 Å². The molecule has 10 heteroatoms. The lowest BCUT2D eigenvalue weighted by molar-refractivity contribution is -0.132. The summed E-state index contributed by atoms with van der Waals surface area (Å²) in [6.45, 7) is 3.57. The quantitative estimate of drug-likeness (QED) is 0.230. The van der Waals surface area contributed by atoms with E-state index in [1.54, 1.807) is 49.4 Å². The summed E-state index contributed by atoms with van der Waals surface area (Å²) in [5, 5.41) is 11.6. The van der Waals surface area contributed by atoms with Gasteiger partial charge in [0.1, 0.15) is 34.3 Å². The van der Waals surface area contributed by atoms with Gasteiger partial charge in [-0.2, -0.15) is 0 Å². The number of thiazole rings is 1. The van der Waals surface area contributed by atoms with Gasteiger partial charge in [0.2, 0.25) is 0 Å². The van der Waals surface area contributed by atoms with Gasteiger partial charge in [-0.05, 0) is 43.7 Å². The summed E-state index contributed by atoms with van der Waals surface area (Å²) in [5.41, 5.74) is 2.03. The highest BCUT2D eigenvalue weighted by atomic mass is 32.1.